The Kier molecular flexibility index (Phi) is 7.93. The van der Waals surface area contributed by atoms with Gasteiger partial charge in [-0.05, 0) is 13.0 Å². The van der Waals surface area contributed by atoms with Crippen LogP contribution in [0, 0.1) is 0 Å². The number of likely N-dealkylation sites (N-methyl/N-ethyl adjacent to an activating group) is 1. The zero-order valence-electron chi connectivity index (χ0n) is 11.2. The number of rotatable bonds is 8. The summed E-state index contributed by atoms with van der Waals surface area (Å²) in [6.45, 7) is 0.996. The average Bonchev–Trinajstić information content (AvgIpc) is 2.23. The van der Waals surface area contributed by atoms with Gasteiger partial charge in [0.1, 0.15) is 0 Å². The van der Waals surface area contributed by atoms with Gasteiger partial charge in [-0.3, -0.25) is 9.69 Å². The number of carbonyl (C=O) groups is 1. The number of carbonyl (C=O) groups excluding carboxylic acids is 1. The van der Waals surface area contributed by atoms with E-state index in [1.807, 2.05) is 0 Å². The zero-order chi connectivity index (χ0) is 15.1. The van der Waals surface area contributed by atoms with Gasteiger partial charge in [-0.15, -0.1) is 0 Å². The molecule has 0 spiro atoms. The fraction of sp³-hybridized carbons (Fsp3) is 0.818. The SMILES string of the molecule is CCCN(CC(=O)N(C)CCC(N)=S)CC(F)(F)F. The first-order valence-corrected chi connectivity index (χ1v) is 6.38. The average molecular weight is 299 g/mol. The molecule has 8 heteroatoms. The van der Waals surface area contributed by atoms with Gasteiger partial charge in [0.15, 0.2) is 0 Å². The van der Waals surface area contributed by atoms with Crippen molar-refractivity contribution in [2.75, 3.05) is 33.2 Å². The van der Waals surface area contributed by atoms with E-state index in [1.54, 1.807) is 6.92 Å². The lowest BCUT2D eigenvalue weighted by Gasteiger charge is -2.25. The van der Waals surface area contributed by atoms with Crippen LogP contribution in [0.2, 0.25) is 0 Å². The molecule has 0 radical (unpaired) electrons. The van der Waals surface area contributed by atoms with Gasteiger partial charge in [0.2, 0.25) is 5.91 Å². The highest BCUT2D eigenvalue weighted by molar-refractivity contribution is 7.80. The van der Waals surface area contributed by atoms with E-state index in [0.717, 1.165) is 4.90 Å². The molecule has 0 saturated carbocycles. The maximum Gasteiger partial charge on any atom is 0.401 e. The molecule has 1 amide bonds. The van der Waals surface area contributed by atoms with Crippen LogP contribution >= 0.6 is 12.2 Å². The van der Waals surface area contributed by atoms with Crippen LogP contribution in [0.3, 0.4) is 0 Å². The van der Waals surface area contributed by atoms with Crippen LogP contribution in [0.5, 0.6) is 0 Å². The molecule has 0 atom stereocenters. The summed E-state index contributed by atoms with van der Waals surface area (Å²) < 4.78 is 37.0. The van der Waals surface area contributed by atoms with Gasteiger partial charge in [0.05, 0.1) is 18.1 Å². The molecule has 0 unspecified atom stereocenters. The normalized spacial score (nSPS) is 11.7. The first kappa shape index (κ1) is 18.1. The van der Waals surface area contributed by atoms with Crippen LogP contribution < -0.4 is 5.73 Å². The summed E-state index contributed by atoms with van der Waals surface area (Å²) in [5.74, 6) is -0.367. The molecule has 0 aromatic rings. The molecule has 0 bridgehead atoms. The molecule has 0 aromatic carbocycles. The molecule has 0 saturated heterocycles. The van der Waals surface area contributed by atoms with Gasteiger partial charge in [0.25, 0.3) is 0 Å². The van der Waals surface area contributed by atoms with E-state index in [2.05, 4.69) is 12.2 Å². The van der Waals surface area contributed by atoms with Crippen molar-refractivity contribution < 1.29 is 18.0 Å². The maximum absolute atomic E-state index is 12.3. The summed E-state index contributed by atoms with van der Waals surface area (Å²) in [6, 6.07) is 0. The monoisotopic (exact) mass is 299 g/mol. The minimum Gasteiger partial charge on any atom is -0.393 e. The number of nitrogens with zero attached hydrogens (tertiary/aromatic N) is 2. The lowest BCUT2D eigenvalue weighted by molar-refractivity contribution is -0.151. The van der Waals surface area contributed by atoms with E-state index in [4.69, 9.17) is 5.73 Å². The molecule has 0 aliphatic carbocycles. The summed E-state index contributed by atoms with van der Waals surface area (Å²) >= 11 is 4.68. The highest BCUT2D eigenvalue weighted by Gasteiger charge is 2.31. The summed E-state index contributed by atoms with van der Waals surface area (Å²) in [6.07, 6.45) is -3.38. The first-order valence-electron chi connectivity index (χ1n) is 5.97. The van der Waals surface area contributed by atoms with Crippen molar-refractivity contribution in [1.29, 1.82) is 0 Å². The standard InChI is InChI=1S/C11H20F3N3OS/c1-3-5-17(8-11(12,13)14)7-10(18)16(2)6-4-9(15)19/h3-8H2,1-2H3,(H2,15,19). The van der Waals surface area contributed by atoms with Crippen LogP contribution in [-0.2, 0) is 4.79 Å². The van der Waals surface area contributed by atoms with Crippen molar-refractivity contribution in [3.63, 3.8) is 0 Å². The van der Waals surface area contributed by atoms with E-state index < -0.39 is 12.7 Å². The Balaban J connectivity index is 4.33. The molecule has 4 nitrogen and oxygen atoms in total. The van der Waals surface area contributed by atoms with Crippen LogP contribution in [0.4, 0.5) is 13.2 Å². The van der Waals surface area contributed by atoms with E-state index >= 15 is 0 Å². The quantitative estimate of drug-likeness (QED) is 0.688. The molecule has 19 heavy (non-hydrogen) atoms. The minimum atomic E-state index is -4.30. The third-order valence-corrected chi connectivity index (χ3v) is 2.63. The highest BCUT2D eigenvalue weighted by atomic mass is 32.1. The number of thiocarbonyl (C=S) groups is 1. The Morgan fingerprint density at radius 1 is 1.32 bits per heavy atom. The predicted molar refractivity (Wildman–Crippen MR) is 71.8 cm³/mol. The summed E-state index contributed by atoms with van der Waals surface area (Å²) in [4.78, 5) is 14.5. The van der Waals surface area contributed by atoms with Gasteiger partial charge in [0, 0.05) is 20.0 Å². The van der Waals surface area contributed by atoms with Gasteiger partial charge in [-0.25, -0.2) is 0 Å². The van der Waals surface area contributed by atoms with Crippen LogP contribution in [0.15, 0.2) is 0 Å². The molecular formula is C11H20F3N3OS. The number of hydrogen-bond acceptors (Lipinski definition) is 3. The minimum absolute atomic E-state index is 0.231. The van der Waals surface area contributed by atoms with Crippen LogP contribution in [0.25, 0.3) is 0 Å². The molecule has 2 N–H and O–H groups in total. The second-order valence-corrected chi connectivity index (χ2v) is 4.88. The van der Waals surface area contributed by atoms with Crippen molar-refractivity contribution in [3.8, 4) is 0 Å². The maximum atomic E-state index is 12.3. The number of hydrogen-bond donors (Lipinski definition) is 1. The molecule has 0 aliphatic rings. The summed E-state index contributed by atoms with van der Waals surface area (Å²) in [7, 11) is 1.53. The first-order chi connectivity index (χ1) is 8.65. The molecule has 0 aliphatic heterocycles. The van der Waals surface area contributed by atoms with E-state index in [0.29, 0.717) is 19.4 Å². The van der Waals surface area contributed by atoms with Crippen molar-refractivity contribution in [1.82, 2.24) is 9.80 Å². The van der Waals surface area contributed by atoms with Gasteiger partial charge in [-0.1, -0.05) is 19.1 Å². The fourth-order valence-corrected chi connectivity index (χ4v) is 1.59. The molecule has 0 fully saturated rings. The number of alkyl halides is 3. The fourth-order valence-electron chi connectivity index (χ4n) is 1.50. The third-order valence-electron chi connectivity index (χ3n) is 2.42. The Bertz CT molecular complexity index is 310. The number of halogens is 3. The predicted octanol–water partition coefficient (Wildman–Crippen LogP) is 1.40. The summed E-state index contributed by atoms with van der Waals surface area (Å²) in [5, 5.41) is 0. The highest BCUT2D eigenvalue weighted by Crippen LogP contribution is 2.16. The molecule has 0 rings (SSSR count). The largest absolute Gasteiger partial charge is 0.401 e. The lowest BCUT2D eigenvalue weighted by Crippen LogP contribution is -2.43. The summed E-state index contributed by atoms with van der Waals surface area (Å²) in [5.41, 5.74) is 5.31. The van der Waals surface area contributed by atoms with Gasteiger partial charge >= 0.3 is 6.18 Å². The van der Waals surface area contributed by atoms with Crippen LogP contribution in [-0.4, -0.2) is 60.1 Å². The van der Waals surface area contributed by atoms with Crippen molar-refractivity contribution in [3.05, 3.63) is 0 Å². The smallest absolute Gasteiger partial charge is 0.393 e. The van der Waals surface area contributed by atoms with E-state index in [-0.39, 0.29) is 24.0 Å². The van der Waals surface area contributed by atoms with Crippen molar-refractivity contribution in [2.45, 2.75) is 25.9 Å². The lowest BCUT2D eigenvalue weighted by atomic mass is 10.3. The van der Waals surface area contributed by atoms with Crippen molar-refractivity contribution >= 4 is 23.1 Å². The second kappa shape index (κ2) is 8.31. The zero-order valence-corrected chi connectivity index (χ0v) is 12.0. The Labute approximate surface area is 116 Å². The Hall–Kier alpha value is -0.890. The van der Waals surface area contributed by atoms with Crippen LogP contribution in [0.1, 0.15) is 19.8 Å². The second-order valence-electron chi connectivity index (χ2n) is 4.36. The van der Waals surface area contributed by atoms with E-state index in [9.17, 15) is 18.0 Å². The topological polar surface area (TPSA) is 49.6 Å². The Morgan fingerprint density at radius 2 is 1.89 bits per heavy atom. The van der Waals surface area contributed by atoms with Crippen molar-refractivity contribution in [2.24, 2.45) is 5.73 Å². The van der Waals surface area contributed by atoms with E-state index in [1.165, 1.54) is 11.9 Å². The molecule has 112 valence electrons. The number of nitrogens with two attached hydrogens (primary N) is 1. The van der Waals surface area contributed by atoms with Gasteiger partial charge < -0.3 is 10.6 Å². The molecule has 0 aromatic heterocycles. The molecule has 0 heterocycles. The Morgan fingerprint density at radius 3 is 2.32 bits per heavy atom. The number of amides is 1. The van der Waals surface area contributed by atoms with Gasteiger partial charge in [-0.2, -0.15) is 13.2 Å². The molecular weight excluding hydrogens is 279 g/mol. The third kappa shape index (κ3) is 9.66.